The minimum absolute atomic E-state index is 0.0209. The standard InChI is InChI=1S/C13H14O3/c1-2-3-4-5-10-6-9-7-11(14)12(15)8-13(9)16-10/h2-5,7-8,10,14-15H,6H2,1H3/b3-2+,5-4+. The summed E-state index contributed by atoms with van der Waals surface area (Å²) in [5.41, 5.74) is 0.922. The average molecular weight is 218 g/mol. The minimum atomic E-state index is -0.142. The Balaban J connectivity index is 2.15. The van der Waals surface area contributed by atoms with E-state index in [0.29, 0.717) is 5.75 Å². The molecular weight excluding hydrogens is 204 g/mol. The molecule has 0 fully saturated rings. The van der Waals surface area contributed by atoms with Gasteiger partial charge in [-0.3, -0.25) is 0 Å². The van der Waals surface area contributed by atoms with E-state index in [2.05, 4.69) is 0 Å². The zero-order valence-corrected chi connectivity index (χ0v) is 9.05. The number of phenols is 2. The van der Waals surface area contributed by atoms with E-state index in [1.807, 2.05) is 31.2 Å². The third-order valence-corrected chi connectivity index (χ3v) is 2.49. The van der Waals surface area contributed by atoms with Crippen LogP contribution in [0.15, 0.2) is 36.4 Å². The Labute approximate surface area is 94.3 Å². The lowest BCUT2D eigenvalue weighted by Crippen LogP contribution is -2.07. The highest BCUT2D eigenvalue weighted by Gasteiger charge is 2.22. The molecule has 16 heavy (non-hydrogen) atoms. The van der Waals surface area contributed by atoms with Gasteiger partial charge in [0.1, 0.15) is 11.9 Å². The maximum atomic E-state index is 9.35. The van der Waals surface area contributed by atoms with E-state index in [1.54, 1.807) is 6.07 Å². The first-order valence-corrected chi connectivity index (χ1v) is 5.21. The van der Waals surface area contributed by atoms with Crippen LogP contribution in [0.1, 0.15) is 12.5 Å². The van der Waals surface area contributed by atoms with E-state index in [4.69, 9.17) is 4.74 Å². The van der Waals surface area contributed by atoms with Crippen LogP contribution in [0.2, 0.25) is 0 Å². The SMILES string of the molecule is C/C=C/C=C/C1Cc2cc(O)c(O)cc2O1. The van der Waals surface area contributed by atoms with Crippen molar-refractivity contribution in [1.29, 1.82) is 0 Å². The first-order valence-electron chi connectivity index (χ1n) is 5.21. The molecule has 0 bridgehead atoms. The number of hydrogen-bond donors (Lipinski definition) is 2. The molecule has 0 saturated carbocycles. The van der Waals surface area contributed by atoms with Crippen molar-refractivity contribution < 1.29 is 14.9 Å². The Bertz CT molecular complexity index is 416. The fourth-order valence-corrected chi connectivity index (χ4v) is 1.70. The Hall–Kier alpha value is -1.90. The number of benzene rings is 1. The van der Waals surface area contributed by atoms with Crippen molar-refractivity contribution in [2.24, 2.45) is 0 Å². The molecule has 3 nitrogen and oxygen atoms in total. The van der Waals surface area contributed by atoms with Gasteiger partial charge in [0.15, 0.2) is 11.5 Å². The van der Waals surface area contributed by atoms with Crippen molar-refractivity contribution in [3.05, 3.63) is 42.0 Å². The van der Waals surface area contributed by atoms with Crippen molar-refractivity contribution >= 4 is 0 Å². The van der Waals surface area contributed by atoms with E-state index < -0.39 is 0 Å². The van der Waals surface area contributed by atoms with Gasteiger partial charge in [0, 0.05) is 18.1 Å². The summed E-state index contributed by atoms with van der Waals surface area (Å²) in [4.78, 5) is 0. The van der Waals surface area contributed by atoms with E-state index in [9.17, 15) is 10.2 Å². The summed E-state index contributed by atoms with van der Waals surface area (Å²) in [6, 6.07) is 3.00. The van der Waals surface area contributed by atoms with Crippen molar-refractivity contribution in [3.63, 3.8) is 0 Å². The topological polar surface area (TPSA) is 49.7 Å². The smallest absolute Gasteiger partial charge is 0.161 e. The van der Waals surface area contributed by atoms with Crippen LogP contribution in [0, 0.1) is 0 Å². The van der Waals surface area contributed by atoms with E-state index in [-0.39, 0.29) is 17.6 Å². The van der Waals surface area contributed by atoms with Crippen LogP contribution in [0.25, 0.3) is 0 Å². The van der Waals surface area contributed by atoms with Gasteiger partial charge >= 0.3 is 0 Å². The van der Waals surface area contributed by atoms with Gasteiger partial charge in [-0.1, -0.05) is 18.2 Å². The molecule has 1 atom stereocenters. The number of allylic oxidation sites excluding steroid dienone is 3. The highest BCUT2D eigenvalue weighted by Crippen LogP contribution is 2.37. The van der Waals surface area contributed by atoms with E-state index >= 15 is 0 Å². The average Bonchev–Trinajstić information content (AvgIpc) is 2.61. The Morgan fingerprint density at radius 2 is 2.00 bits per heavy atom. The zero-order chi connectivity index (χ0) is 11.5. The maximum absolute atomic E-state index is 9.35. The summed E-state index contributed by atoms with van der Waals surface area (Å²) in [6.07, 6.45) is 8.45. The van der Waals surface area contributed by atoms with Crippen molar-refractivity contribution in [3.8, 4) is 17.2 Å². The lowest BCUT2D eigenvalue weighted by atomic mass is 10.1. The lowest BCUT2D eigenvalue weighted by molar-refractivity contribution is 0.282. The Kier molecular flexibility index (Phi) is 2.86. The van der Waals surface area contributed by atoms with Crippen molar-refractivity contribution in [2.75, 3.05) is 0 Å². The molecular formula is C13H14O3. The monoisotopic (exact) mass is 218 g/mol. The summed E-state index contributed by atoms with van der Waals surface area (Å²) in [7, 11) is 0. The van der Waals surface area contributed by atoms with Gasteiger partial charge in [0.05, 0.1) is 0 Å². The molecule has 2 N–H and O–H groups in total. The number of fused-ring (bicyclic) bond motifs is 1. The van der Waals surface area contributed by atoms with Gasteiger partial charge in [-0.25, -0.2) is 0 Å². The first-order chi connectivity index (χ1) is 7.70. The summed E-state index contributed by atoms with van der Waals surface area (Å²) < 4.78 is 5.60. The third-order valence-electron chi connectivity index (χ3n) is 2.49. The van der Waals surface area contributed by atoms with Gasteiger partial charge in [-0.05, 0) is 19.1 Å². The molecule has 0 aliphatic carbocycles. The minimum Gasteiger partial charge on any atom is -0.504 e. The number of rotatable bonds is 2. The maximum Gasteiger partial charge on any atom is 0.161 e. The van der Waals surface area contributed by atoms with E-state index in [0.717, 1.165) is 12.0 Å². The molecule has 0 amide bonds. The molecule has 1 aliphatic rings. The summed E-state index contributed by atoms with van der Waals surface area (Å²) >= 11 is 0. The molecule has 0 radical (unpaired) electrons. The second kappa shape index (κ2) is 4.31. The molecule has 1 aromatic rings. The van der Waals surface area contributed by atoms with Gasteiger partial charge in [0.2, 0.25) is 0 Å². The predicted octanol–water partition coefficient (Wildman–Crippen LogP) is 2.53. The number of ether oxygens (including phenoxy) is 1. The molecule has 1 aromatic carbocycles. The first kappa shape index (κ1) is 10.6. The number of phenolic OH excluding ortho intramolecular Hbond substituents is 2. The molecule has 0 aromatic heterocycles. The Morgan fingerprint density at radius 1 is 1.25 bits per heavy atom. The van der Waals surface area contributed by atoms with E-state index in [1.165, 1.54) is 6.07 Å². The van der Waals surface area contributed by atoms with Crippen molar-refractivity contribution in [1.82, 2.24) is 0 Å². The molecule has 0 saturated heterocycles. The van der Waals surface area contributed by atoms with Crippen LogP contribution >= 0.6 is 0 Å². The molecule has 84 valence electrons. The van der Waals surface area contributed by atoms with Gasteiger partial charge < -0.3 is 14.9 Å². The van der Waals surface area contributed by atoms with Gasteiger partial charge in [-0.2, -0.15) is 0 Å². The van der Waals surface area contributed by atoms with Crippen molar-refractivity contribution in [2.45, 2.75) is 19.4 Å². The molecule has 0 spiro atoms. The number of hydrogen-bond acceptors (Lipinski definition) is 3. The van der Waals surface area contributed by atoms with Crippen LogP contribution in [0.5, 0.6) is 17.2 Å². The third kappa shape index (κ3) is 2.03. The van der Waals surface area contributed by atoms with Crippen LogP contribution in [-0.4, -0.2) is 16.3 Å². The molecule has 2 rings (SSSR count). The summed E-state index contributed by atoms with van der Waals surface area (Å²) in [5, 5.41) is 18.7. The van der Waals surface area contributed by atoms with Crippen LogP contribution in [0.3, 0.4) is 0 Å². The summed E-state index contributed by atoms with van der Waals surface area (Å²) in [5.74, 6) is 0.405. The summed E-state index contributed by atoms with van der Waals surface area (Å²) in [6.45, 7) is 1.95. The lowest BCUT2D eigenvalue weighted by Gasteiger charge is -2.04. The van der Waals surface area contributed by atoms with Gasteiger partial charge in [-0.15, -0.1) is 0 Å². The Morgan fingerprint density at radius 3 is 2.75 bits per heavy atom. The van der Waals surface area contributed by atoms with Crippen LogP contribution < -0.4 is 4.74 Å². The molecule has 1 unspecified atom stereocenters. The normalized spacial score (nSPS) is 19.2. The molecule has 1 aliphatic heterocycles. The molecule has 1 heterocycles. The van der Waals surface area contributed by atoms with Crippen LogP contribution in [0.4, 0.5) is 0 Å². The molecule has 3 heteroatoms. The fourth-order valence-electron chi connectivity index (χ4n) is 1.70. The predicted molar refractivity (Wildman–Crippen MR) is 61.8 cm³/mol. The highest BCUT2D eigenvalue weighted by atomic mass is 16.5. The number of aromatic hydroxyl groups is 2. The fraction of sp³-hybridized carbons (Fsp3) is 0.231. The second-order valence-corrected chi connectivity index (χ2v) is 3.72. The quantitative estimate of drug-likeness (QED) is 0.592. The van der Waals surface area contributed by atoms with Gasteiger partial charge in [0.25, 0.3) is 0 Å². The largest absolute Gasteiger partial charge is 0.504 e. The van der Waals surface area contributed by atoms with Crippen LogP contribution in [-0.2, 0) is 6.42 Å². The zero-order valence-electron chi connectivity index (χ0n) is 9.05. The second-order valence-electron chi connectivity index (χ2n) is 3.72. The highest BCUT2D eigenvalue weighted by molar-refractivity contribution is 5.51.